The molecule has 5 heteroatoms. The van der Waals surface area contributed by atoms with Crippen molar-refractivity contribution in [2.45, 2.75) is 20.0 Å². The maximum Gasteiger partial charge on any atom is 0.185 e. The number of halogens is 2. The van der Waals surface area contributed by atoms with Crippen molar-refractivity contribution in [2.24, 2.45) is 17.3 Å². The fraction of sp³-hybridized carbons (Fsp3) is 0.318. The third-order valence-corrected chi connectivity index (χ3v) is 5.27. The Morgan fingerprint density at radius 2 is 1.93 bits per heavy atom. The molecule has 0 amide bonds. The van der Waals surface area contributed by atoms with E-state index in [1.54, 1.807) is 6.07 Å². The van der Waals surface area contributed by atoms with Gasteiger partial charge in [-0.05, 0) is 53.2 Å². The normalized spacial score (nSPS) is 22.0. The molecular formula is C22H21ClFNO2. The third kappa shape index (κ3) is 4.68. The van der Waals surface area contributed by atoms with E-state index in [0.29, 0.717) is 12.4 Å². The van der Waals surface area contributed by atoms with Crippen molar-refractivity contribution < 1.29 is 13.9 Å². The zero-order chi connectivity index (χ0) is 19.4. The third-order valence-electron chi connectivity index (χ3n) is 5.14. The molecule has 1 saturated carbocycles. The zero-order valence-corrected chi connectivity index (χ0v) is 16.0. The number of allylic oxidation sites excluding steroid dienone is 1. The Bertz CT molecular complexity index is 856. The first kappa shape index (κ1) is 19.4. The molecule has 0 heterocycles. The molecule has 3 atom stereocenters. The summed E-state index contributed by atoms with van der Waals surface area (Å²) in [6.45, 7) is 4.44. The van der Waals surface area contributed by atoms with E-state index in [1.807, 2.05) is 62.4 Å². The van der Waals surface area contributed by atoms with Crippen LogP contribution in [0.15, 0.2) is 66.0 Å². The molecular weight excluding hydrogens is 365 g/mol. The van der Waals surface area contributed by atoms with Crippen molar-refractivity contribution in [1.82, 2.24) is 0 Å². The molecule has 27 heavy (non-hydrogen) atoms. The van der Waals surface area contributed by atoms with E-state index in [-0.39, 0.29) is 17.3 Å². The number of para-hydroxylation sites is 1. The first-order valence-electron chi connectivity index (χ1n) is 8.78. The van der Waals surface area contributed by atoms with Gasteiger partial charge in [0.05, 0.1) is 12.7 Å². The van der Waals surface area contributed by atoms with E-state index in [2.05, 4.69) is 6.07 Å². The van der Waals surface area contributed by atoms with Crippen molar-refractivity contribution in [3.05, 3.63) is 71.5 Å². The monoisotopic (exact) mass is 385 g/mol. The summed E-state index contributed by atoms with van der Waals surface area (Å²) in [4.78, 5) is 0. The Morgan fingerprint density at radius 3 is 2.59 bits per heavy atom. The molecule has 3 nitrogen and oxygen atoms in total. The quantitative estimate of drug-likeness (QED) is 0.555. The van der Waals surface area contributed by atoms with Crippen LogP contribution in [0.1, 0.15) is 25.5 Å². The van der Waals surface area contributed by atoms with E-state index in [4.69, 9.17) is 21.1 Å². The van der Waals surface area contributed by atoms with Gasteiger partial charge in [-0.1, -0.05) is 55.8 Å². The Morgan fingerprint density at radius 1 is 1.22 bits per heavy atom. The van der Waals surface area contributed by atoms with Gasteiger partial charge >= 0.3 is 0 Å². The number of hydrogen-bond acceptors (Lipinski definition) is 3. The number of nitriles is 1. The summed E-state index contributed by atoms with van der Waals surface area (Å²) in [6.07, 6.45) is 0.705. The highest BCUT2D eigenvalue weighted by Crippen LogP contribution is 2.59. The van der Waals surface area contributed by atoms with Crippen LogP contribution in [0, 0.1) is 28.6 Å². The molecule has 2 aromatic rings. The number of nitrogens with zero attached hydrogens (tertiary/aromatic N) is 1. The minimum absolute atomic E-state index is 0.0158. The van der Waals surface area contributed by atoms with Gasteiger partial charge in [0.2, 0.25) is 0 Å². The maximum absolute atomic E-state index is 13.0. The van der Waals surface area contributed by atoms with Gasteiger partial charge in [0, 0.05) is 0 Å². The Balaban J connectivity index is 1.65. The van der Waals surface area contributed by atoms with Gasteiger partial charge in [-0.25, -0.2) is 0 Å². The Kier molecular flexibility index (Phi) is 5.84. The fourth-order valence-corrected chi connectivity index (χ4v) is 3.48. The van der Waals surface area contributed by atoms with Gasteiger partial charge in [-0.2, -0.15) is 9.65 Å². The van der Waals surface area contributed by atoms with E-state index in [9.17, 15) is 9.65 Å². The standard InChI is InChI=1S/C22H21ClFNO2/c1-22(2)18(12-21(23)24)19(22)14-26-20(13-25)15-7-6-10-17(11-15)27-16-8-4-3-5-9-16/h3-12,18-20H,14H2,1-2H3/b21-12+. The van der Waals surface area contributed by atoms with Crippen molar-refractivity contribution in [3.8, 4) is 17.6 Å². The van der Waals surface area contributed by atoms with Crippen LogP contribution in [-0.4, -0.2) is 6.61 Å². The Hall–Kier alpha value is -2.35. The lowest BCUT2D eigenvalue weighted by Crippen LogP contribution is -2.07. The number of rotatable bonds is 7. The maximum atomic E-state index is 13.0. The van der Waals surface area contributed by atoms with Gasteiger partial charge in [-0.15, -0.1) is 0 Å². The molecule has 0 radical (unpaired) electrons. The molecule has 1 fully saturated rings. The van der Waals surface area contributed by atoms with Crippen LogP contribution < -0.4 is 4.74 Å². The van der Waals surface area contributed by atoms with Crippen LogP contribution in [0.5, 0.6) is 11.5 Å². The summed E-state index contributed by atoms with van der Waals surface area (Å²) < 4.78 is 24.6. The summed E-state index contributed by atoms with van der Waals surface area (Å²) >= 11 is 5.36. The average molecular weight is 386 g/mol. The number of hydrogen-bond donors (Lipinski definition) is 0. The lowest BCUT2D eigenvalue weighted by atomic mass is 10.1. The largest absolute Gasteiger partial charge is 0.457 e. The van der Waals surface area contributed by atoms with Gasteiger partial charge in [-0.3, -0.25) is 0 Å². The topological polar surface area (TPSA) is 42.2 Å². The molecule has 0 spiro atoms. The van der Waals surface area contributed by atoms with Crippen molar-refractivity contribution >= 4 is 11.6 Å². The van der Waals surface area contributed by atoms with Crippen LogP contribution in [0.25, 0.3) is 0 Å². The lowest BCUT2D eigenvalue weighted by Gasteiger charge is -2.13. The van der Waals surface area contributed by atoms with E-state index in [1.165, 1.54) is 6.08 Å². The summed E-state index contributed by atoms with van der Waals surface area (Å²) in [7, 11) is 0. The summed E-state index contributed by atoms with van der Waals surface area (Å²) in [5, 5.41) is 8.83. The fourth-order valence-electron chi connectivity index (χ4n) is 3.35. The highest BCUT2D eigenvalue weighted by molar-refractivity contribution is 6.28. The van der Waals surface area contributed by atoms with Gasteiger partial charge in [0.1, 0.15) is 11.5 Å². The molecule has 3 rings (SSSR count). The predicted molar refractivity (Wildman–Crippen MR) is 103 cm³/mol. The Labute approximate surface area is 164 Å². The molecule has 0 aliphatic heterocycles. The highest BCUT2D eigenvalue weighted by atomic mass is 35.5. The minimum atomic E-state index is -0.716. The van der Waals surface area contributed by atoms with E-state index >= 15 is 0 Å². The van der Waals surface area contributed by atoms with Crippen LogP contribution in [-0.2, 0) is 4.74 Å². The van der Waals surface area contributed by atoms with Crippen LogP contribution >= 0.6 is 11.6 Å². The summed E-state index contributed by atoms with van der Waals surface area (Å²) in [6, 6.07) is 18.9. The second-order valence-corrected chi connectivity index (χ2v) is 7.60. The molecule has 1 aliphatic carbocycles. The van der Waals surface area contributed by atoms with Crippen LogP contribution in [0.3, 0.4) is 0 Å². The molecule has 3 unspecified atom stereocenters. The molecule has 0 N–H and O–H groups in total. The lowest BCUT2D eigenvalue weighted by molar-refractivity contribution is 0.0741. The van der Waals surface area contributed by atoms with Crippen LogP contribution in [0.4, 0.5) is 4.39 Å². The SMILES string of the molecule is CC1(C)C(/C=C(/F)Cl)C1COC(C#N)c1cccc(Oc2ccccc2)c1. The predicted octanol–water partition coefficient (Wildman–Crippen LogP) is 6.38. The molecule has 0 aromatic heterocycles. The number of benzene rings is 2. The average Bonchev–Trinajstić information content (AvgIpc) is 3.15. The smallest absolute Gasteiger partial charge is 0.185 e. The van der Waals surface area contributed by atoms with Gasteiger partial charge in [0.25, 0.3) is 0 Å². The van der Waals surface area contributed by atoms with Gasteiger partial charge in [0.15, 0.2) is 11.4 Å². The first-order valence-corrected chi connectivity index (χ1v) is 9.16. The van der Waals surface area contributed by atoms with Crippen molar-refractivity contribution in [1.29, 1.82) is 5.26 Å². The molecule has 140 valence electrons. The highest BCUT2D eigenvalue weighted by Gasteiger charge is 2.56. The van der Waals surface area contributed by atoms with Crippen molar-refractivity contribution in [2.75, 3.05) is 6.61 Å². The molecule has 2 aromatic carbocycles. The van der Waals surface area contributed by atoms with Gasteiger partial charge < -0.3 is 9.47 Å². The minimum Gasteiger partial charge on any atom is -0.457 e. The van der Waals surface area contributed by atoms with E-state index in [0.717, 1.165) is 11.3 Å². The molecule has 0 saturated heterocycles. The first-order chi connectivity index (χ1) is 12.9. The molecule has 1 aliphatic rings. The zero-order valence-electron chi connectivity index (χ0n) is 15.2. The second kappa shape index (κ2) is 8.12. The summed E-state index contributed by atoms with van der Waals surface area (Å²) in [5.74, 6) is 1.50. The summed E-state index contributed by atoms with van der Waals surface area (Å²) in [5.41, 5.74) is 0.629. The number of ether oxygens (including phenoxy) is 2. The molecule has 0 bridgehead atoms. The van der Waals surface area contributed by atoms with Crippen LogP contribution in [0.2, 0.25) is 0 Å². The second-order valence-electron chi connectivity index (χ2n) is 7.24. The van der Waals surface area contributed by atoms with E-state index < -0.39 is 11.4 Å². The van der Waals surface area contributed by atoms with Crippen molar-refractivity contribution in [3.63, 3.8) is 0 Å².